The molecule has 0 aliphatic heterocycles. The van der Waals surface area contributed by atoms with Gasteiger partial charge in [-0.1, -0.05) is 54.6 Å². The molecule has 0 spiro atoms. The molecule has 0 saturated carbocycles. The van der Waals surface area contributed by atoms with E-state index in [4.69, 9.17) is 5.11 Å². The Labute approximate surface area is 125 Å². The Hall–Kier alpha value is -2.29. The fourth-order valence-corrected chi connectivity index (χ4v) is 2.61. The van der Waals surface area contributed by atoms with Crippen LogP contribution in [-0.2, 0) is 4.74 Å². The number of rotatable bonds is 6. The summed E-state index contributed by atoms with van der Waals surface area (Å²) in [6, 6.07) is 18.7. The predicted molar refractivity (Wildman–Crippen MR) is 82.7 cm³/mol. The van der Waals surface area contributed by atoms with Crippen molar-refractivity contribution in [3.8, 4) is 0 Å². The van der Waals surface area contributed by atoms with E-state index in [9.17, 15) is 4.79 Å². The molecule has 0 bridgehead atoms. The predicted octanol–water partition coefficient (Wildman–Crippen LogP) is 4.60. The lowest BCUT2D eigenvalue weighted by Crippen LogP contribution is -2.07. The van der Waals surface area contributed by atoms with Crippen molar-refractivity contribution in [3.05, 3.63) is 71.3 Å². The quantitative estimate of drug-likeness (QED) is 0.622. The van der Waals surface area contributed by atoms with Gasteiger partial charge in [-0.25, -0.2) is 4.79 Å². The first-order valence-corrected chi connectivity index (χ1v) is 7.14. The van der Waals surface area contributed by atoms with Crippen molar-refractivity contribution in [3.63, 3.8) is 0 Å². The van der Waals surface area contributed by atoms with Crippen molar-refractivity contribution in [1.82, 2.24) is 0 Å². The molecule has 0 aliphatic rings. The fourth-order valence-electron chi connectivity index (χ4n) is 2.61. The summed E-state index contributed by atoms with van der Waals surface area (Å²) in [4.78, 5) is 10.4. The Balaban J connectivity index is 2.16. The highest BCUT2D eigenvalue weighted by atomic mass is 16.7. The smallest absolute Gasteiger partial charge is 0.450 e. The number of carboxylic acid groups (broad SMARTS) is 1. The summed E-state index contributed by atoms with van der Waals surface area (Å²) in [5.74, 6) is 0.268. The summed E-state index contributed by atoms with van der Waals surface area (Å²) in [7, 11) is 0. The van der Waals surface area contributed by atoms with E-state index >= 15 is 0 Å². The minimum Gasteiger partial charge on any atom is -0.450 e. The Morgan fingerprint density at radius 2 is 1.76 bits per heavy atom. The molecule has 1 atom stereocenters. The van der Waals surface area contributed by atoms with Gasteiger partial charge in [0.2, 0.25) is 0 Å². The second-order valence-corrected chi connectivity index (χ2v) is 5.08. The van der Waals surface area contributed by atoms with Crippen LogP contribution in [0.4, 0.5) is 4.79 Å². The zero-order chi connectivity index (χ0) is 15.1. The van der Waals surface area contributed by atoms with E-state index < -0.39 is 6.16 Å². The zero-order valence-electron chi connectivity index (χ0n) is 12.2. The van der Waals surface area contributed by atoms with E-state index in [1.54, 1.807) is 0 Å². The standard InChI is InChI=1S/C18H20O3/c1-14-8-5-6-11-16(14)17(12-7-13-21-18(19)20)15-9-3-2-4-10-15/h2-6,8-11,17H,7,12-13H2,1H3,(H,19,20). The highest BCUT2D eigenvalue weighted by Gasteiger charge is 2.15. The topological polar surface area (TPSA) is 46.5 Å². The van der Waals surface area contributed by atoms with Crippen LogP contribution in [0.5, 0.6) is 0 Å². The van der Waals surface area contributed by atoms with Gasteiger partial charge >= 0.3 is 6.16 Å². The van der Waals surface area contributed by atoms with Crippen LogP contribution in [0.15, 0.2) is 54.6 Å². The molecule has 2 rings (SSSR count). The first-order valence-electron chi connectivity index (χ1n) is 7.14. The number of hydrogen-bond donors (Lipinski definition) is 1. The molecular weight excluding hydrogens is 264 g/mol. The van der Waals surface area contributed by atoms with Crippen LogP contribution in [0, 0.1) is 6.92 Å². The van der Waals surface area contributed by atoms with Gasteiger partial charge in [0.05, 0.1) is 6.61 Å². The normalized spacial score (nSPS) is 11.9. The lowest BCUT2D eigenvalue weighted by molar-refractivity contribution is 0.0898. The first-order chi connectivity index (χ1) is 10.2. The minimum atomic E-state index is -1.21. The number of carbonyl (C=O) groups is 1. The van der Waals surface area contributed by atoms with Crippen molar-refractivity contribution in [2.45, 2.75) is 25.7 Å². The highest BCUT2D eigenvalue weighted by Crippen LogP contribution is 2.31. The van der Waals surface area contributed by atoms with E-state index in [2.05, 4.69) is 35.9 Å². The third-order valence-electron chi connectivity index (χ3n) is 3.63. The van der Waals surface area contributed by atoms with Gasteiger partial charge in [0.1, 0.15) is 0 Å². The molecule has 0 fully saturated rings. The van der Waals surface area contributed by atoms with Crippen molar-refractivity contribution in [2.75, 3.05) is 6.61 Å². The molecule has 110 valence electrons. The molecule has 0 amide bonds. The van der Waals surface area contributed by atoms with Gasteiger partial charge in [-0.05, 0) is 36.5 Å². The molecule has 2 aromatic rings. The summed E-state index contributed by atoms with van der Waals surface area (Å²) < 4.78 is 4.61. The average Bonchev–Trinajstić information content (AvgIpc) is 2.49. The number of ether oxygens (including phenoxy) is 1. The molecule has 1 unspecified atom stereocenters. The monoisotopic (exact) mass is 284 g/mol. The molecule has 3 nitrogen and oxygen atoms in total. The molecule has 0 saturated heterocycles. The van der Waals surface area contributed by atoms with Crippen LogP contribution in [-0.4, -0.2) is 17.9 Å². The summed E-state index contributed by atoms with van der Waals surface area (Å²) in [6.07, 6.45) is 0.365. The second kappa shape index (κ2) is 7.48. The van der Waals surface area contributed by atoms with Crippen molar-refractivity contribution < 1.29 is 14.6 Å². The van der Waals surface area contributed by atoms with E-state index in [0.29, 0.717) is 6.42 Å². The fraction of sp³-hybridized carbons (Fsp3) is 0.278. The Morgan fingerprint density at radius 1 is 1.10 bits per heavy atom. The van der Waals surface area contributed by atoms with Gasteiger partial charge in [-0.2, -0.15) is 0 Å². The number of benzene rings is 2. The SMILES string of the molecule is Cc1ccccc1C(CCCOC(=O)O)c1ccccc1. The molecular formula is C18H20O3. The number of aryl methyl sites for hydroxylation is 1. The van der Waals surface area contributed by atoms with Gasteiger partial charge in [0.25, 0.3) is 0 Å². The van der Waals surface area contributed by atoms with Gasteiger partial charge < -0.3 is 9.84 Å². The van der Waals surface area contributed by atoms with Crippen molar-refractivity contribution in [1.29, 1.82) is 0 Å². The van der Waals surface area contributed by atoms with Crippen LogP contribution in [0.1, 0.15) is 35.4 Å². The molecule has 0 aliphatic carbocycles. The minimum absolute atomic E-state index is 0.241. The maximum atomic E-state index is 10.4. The van der Waals surface area contributed by atoms with Crippen molar-refractivity contribution >= 4 is 6.16 Å². The summed E-state index contributed by atoms with van der Waals surface area (Å²) in [6.45, 7) is 2.35. The van der Waals surface area contributed by atoms with Gasteiger partial charge in [0, 0.05) is 5.92 Å². The Morgan fingerprint density at radius 3 is 2.43 bits per heavy atom. The third kappa shape index (κ3) is 4.35. The Bertz CT molecular complexity index is 578. The summed E-state index contributed by atoms with van der Waals surface area (Å²) in [5.41, 5.74) is 3.80. The van der Waals surface area contributed by atoms with E-state index in [0.717, 1.165) is 6.42 Å². The highest BCUT2D eigenvalue weighted by molar-refractivity contribution is 5.56. The Kier molecular flexibility index (Phi) is 5.38. The van der Waals surface area contributed by atoms with Gasteiger partial charge in [-0.3, -0.25) is 0 Å². The largest absolute Gasteiger partial charge is 0.505 e. The average molecular weight is 284 g/mol. The maximum Gasteiger partial charge on any atom is 0.505 e. The molecule has 0 heterocycles. The summed E-state index contributed by atoms with van der Waals surface area (Å²) in [5, 5.41) is 8.53. The summed E-state index contributed by atoms with van der Waals surface area (Å²) >= 11 is 0. The molecule has 0 aromatic heterocycles. The van der Waals surface area contributed by atoms with Crippen LogP contribution in [0.25, 0.3) is 0 Å². The van der Waals surface area contributed by atoms with Crippen molar-refractivity contribution in [2.24, 2.45) is 0 Å². The maximum absolute atomic E-state index is 10.4. The van der Waals surface area contributed by atoms with Crippen LogP contribution < -0.4 is 0 Å². The van der Waals surface area contributed by atoms with E-state index in [1.165, 1.54) is 16.7 Å². The van der Waals surface area contributed by atoms with Crippen LogP contribution in [0.2, 0.25) is 0 Å². The zero-order valence-corrected chi connectivity index (χ0v) is 12.2. The molecule has 21 heavy (non-hydrogen) atoms. The van der Waals surface area contributed by atoms with Gasteiger partial charge in [-0.15, -0.1) is 0 Å². The third-order valence-corrected chi connectivity index (χ3v) is 3.63. The second-order valence-electron chi connectivity index (χ2n) is 5.08. The molecule has 2 aromatic carbocycles. The first kappa shape index (κ1) is 15.1. The van der Waals surface area contributed by atoms with Gasteiger partial charge in [0.15, 0.2) is 0 Å². The number of hydrogen-bond acceptors (Lipinski definition) is 2. The van der Waals surface area contributed by atoms with E-state index in [-0.39, 0.29) is 12.5 Å². The molecule has 3 heteroatoms. The van der Waals surface area contributed by atoms with Crippen LogP contribution >= 0.6 is 0 Å². The lowest BCUT2D eigenvalue weighted by Gasteiger charge is -2.20. The molecule has 0 radical (unpaired) electrons. The molecule has 1 N–H and O–H groups in total. The van der Waals surface area contributed by atoms with Crippen LogP contribution in [0.3, 0.4) is 0 Å². The van der Waals surface area contributed by atoms with E-state index in [1.807, 2.05) is 30.3 Å². The lowest BCUT2D eigenvalue weighted by atomic mass is 9.85.